The van der Waals surface area contributed by atoms with Gasteiger partial charge in [-0.15, -0.1) is 0 Å². The molecule has 2 unspecified atom stereocenters. The van der Waals surface area contributed by atoms with Crippen LogP contribution in [0, 0.1) is 22.7 Å². The number of nitrogens with two attached hydrogens (primary N) is 2. The predicted molar refractivity (Wildman–Crippen MR) is 190 cm³/mol. The zero-order chi connectivity index (χ0) is 35.6. The Labute approximate surface area is 291 Å². The molecule has 0 radical (unpaired) electrons. The van der Waals surface area contributed by atoms with Crippen LogP contribution in [0.5, 0.6) is 0 Å². The van der Waals surface area contributed by atoms with Gasteiger partial charge in [0.1, 0.15) is 0 Å². The number of urea groups is 2. The van der Waals surface area contributed by atoms with Gasteiger partial charge in [0.15, 0.2) is 11.9 Å². The molecule has 2 heterocycles. The molecule has 0 bridgehead atoms. The fraction of sp³-hybridized carbons (Fsp3) is 0.471. The van der Waals surface area contributed by atoms with Crippen LogP contribution in [0.25, 0.3) is 0 Å². The van der Waals surface area contributed by atoms with Gasteiger partial charge in [-0.05, 0) is 72.9 Å². The van der Waals surface area contributed by atoms with Crippen LogP contribution in [0.4, 0.5) is 21.0 Å². The van der Waals surface area contributed by atoms with E-state index in [1.165, 1.54) is 0 Å². The van der Waals surface area contributed by atoms with Gasteiger partial charge in [-0.1, -0.05) is 24.3 Å². The number of hydrogen-bond acceptors (Lipinski definition) is 6. The first kappa shape index (κ1) is 35.8. The number of nitrogens with zero attached hydrogens (tertiary/aromatic N) is 4. The van der Waals surface area contributed by atoms with Crippen LogP contribution in [-0.2, 0) is 22.7 Å². The fourth-order valence-electron chi connectivity index (χ4n) is 7.33. The molecule has 16 heteroatoms. The number of nitrogens with one attached hydrogen (secondary N) is 6. The third kappa shape index (κ3) is 9.33. The van der Waals surface area contributed by atoms with Gasteiger partial charge in [0.05, 0.1) is 12.1 Å². The van der Waals surface area contributed by atoms with E-state index < -0.39 is 0 Å². The molecule has 2 aromatic rings. The van der Waals surface area contributed by atoms with Crippen molar-refractivity contribution < 1.29 is 19.2 Å². The van der Waals surface area contributed by atoms with Gasteiger partial charge in [-0.2, -0.15) is 0 Å². The largest absolute Gasteiger partial charge is 0.370 e. The van der Waals surface area contributed by atoms with Crippen LogP contribution in [0.15, 0.2) is 48.5 Å². The van der Waals surface area contributed by atoms with E-state index in [-0.39, 0.29) is 47.9 Å². The lowest BCUT2D eigenvalue weighted by Crippen LogP contribution is -2.60. The van der Waals surface area contributed by atoms with E-state index in [9.17, 15) is 19.2 Å². The average molecular weight is 689 g/mol. The Morgan fingerprint density at radius 1 is 0.640 bits per heavy atom. The van der Waals surface area contributed by atoms with Crippen molar-refractivity contribution in [2.75, 3.05) is 49.9 Å². The molecular weight excluding hydrogens is 640 g/mol. The maximum absolute atomic E-state index is 13.2. The molecule has 6 amide bonds. The molecule has 268 valence electrons. The minimum atomic E-state index is -0.177. The van der Waals surface area contributed by atoms with Crippen LogP contribution in [0.2, 0.25) is 0 Å². The van der Waals surface area contributed by atoms with Crippen molar-refractivity contribution in [3.05, 3.63) is 59.7 Å². The van der Waals surface area contributed by atoms with E-state index in [4.69, 9.17) is 22.3 Å². The third-order valence-corrected chi connectivity index (χ3v) is 10.0. The van der Waals surface area contributed by atoms with Crippen LogP contribution < -0.4 is 32.7 Å². The number of guanidine groups is 2. The summed E-state index contributed by atoms with van der Waals surface area (Å²) in [4.78, 5) is 57.7. The molecular formula is C34H48N12O4. The molecule has 0 spiro atoms. The van der Waals surface area contributed by atoms with Crippen LogP contribution in [-0.4, -0.2) is 108 Å². The van der Waals surface area contributed by atoms with Gasteiger partial charge in [-0.25, -0.2) is 9.59 Å². The van der Waals surface area contributed by atoms with Gasteiger partial charge in [0, 0.05) is 63.7 Å². The molecule has 5 rings (SSSR count). The molecule has 2 saturated heterocycles. The number of piperazine rings is 2. The molecule has 2 aliphatic heterocycles. The number of benzene rings is 2. The van der Waals surface area contributed by atoms with E-state index in [1.807, 2.05) is 34.1 Å². The van der Waals surface area contributed by atoms with Crippen LogP contribution in [0.1, 0.15) is 36.8 Å². The Bertz CT molecular complexity index is 1400. The van der Waals surface area contributed by atoms with E-state index in [2.05, 4.69) is 21.3 Å². The van der Waals surface area contributed by atoms with Gasteiger partial charge in [0.2, 0.25) is 12.8 Å². The van der Waals surface area contributed by atoms with Gasteiger partial charge >= 0.3 is 12.1 Å². The Morgan fingerprint density at radius 3 is 1.32 bits per heavy atom. The molecule has 50 heavy (non-hydrogen) atoms. The molecule has 10 N–H and O–H groups in total. The highest BCUT2D eigenvalue weighted by Gasteiger charge is 2.40. The highest BCUT2D eigenvalue weighted by Crippen LogP contribution is 2.37. The summed E-state index contributed by atoms with van der Waals surface area (Å²) >= 11 is 0. The highest BCUT2D eigenvalue weighted by atomic mass is 16.2. The number of rotatable bonds is 10. The average Bonchev–Trinajstić information content (AvgIpc) is 3.13. The summed E-state index contributed by atoms with van der Waals surface area (Å²) in [6.45, 7) is 3.45. The lowest BCUT2D eigenvalue weighted by Gasteiger charge is -2.48. The Morgan fingerprint density at radius 2 is 1.00 bits per heavy atom. The summed E-state index contributed by atoms with van der Waals surface area (Å²) < 4.78 is 0. The minimum absolute atomic E-state index is 0.0898. The zero-order valence-corrected chi connectivity index (χ0v) is 28.1. The monoisotopic (exact) mass is 688 g/mol. The van der Waals surface area contributed by atoms with Crippen molar-refractivity contribution in [3.63, 3.8) is 0 Å². The van der Waals surface area contributed by atoms with Crippen molar-refractivity contribution in [2.24, 2.45) is 23.3 Å². The Hall–Kier alpha value is -5.54. The quantitative estimate of drug-likeness (QED) is 0.103. The predicted octanol–water partition coefficient (Wildman–Crippen LogP) is 1.51. The highest BCUT2D eigenvalue weighted by molar-refractivity contribution is 5.90. The van der Waals surface area contributed by atoms with E-state index in [1.54, 1.807) is 34.1 Å². The molecule has 16 nitrogen and oxygen atoms in total. The van der Waals surface area contributed by atoms with Crippen LogP contribution >= 0.6 is 0 Å². The first-order valence-electron chi connectivity index (χ1n) is 17.0. The number of anilines is 2. The second-order valence-electron chi connectivity index (χ2n) is 13.2. The summed E-state index contributed by atoms with van der Waals surface area (Å²) in [5, 5.41) is 26.1. The Kier molecular flexibility index (Phi) is 12.0. The smallest absolute Gasteiger partial charge is 0.317 e. The second-order valence-corrected chi connectivity index (χ2v) is 13.2. The summed E-state index contributed by atoms with van der Waals surface area (Å²) in [6, 6.07) is 14.1. The minimum Gasteiger partial charge on any atom is -0.370 e. The summed E-state index contributed by atoms with van der Waals surface area (Å²) in [5.74, 6) is 0.151. The van der Waals surface area contributed by atoms with Crippen molar-refractivity contribution in [2.45, 2.75) is 50.9 Å². The van der Waals surface area contributed by atoms with Crippen molar-refractivity contribution in [3.8, 4) is 0 Å². The molecule has 3 fully saturated rings. The molecule has 0 aromatic heterocycles. The molecule has 3 aliphatic rings. The summed E-state index contributed by atoms with van der Waals surface area (Å²) in [7, 11) is 0. The first-order valence-corrected chi connectivity index (χ1v) is 17.0. The lowest BCUT2D eigenvalue weighted by atomic mass is 9.74. The fourth-order valence-corrected chi connectivity index (χ4v) is 7.33. The van der Waals surface area contributed by atoms with E-state index in [0.717, 1.165) is 49.6 Å². The number of amides is 6. The van der Waals surface area contributed by atoms with E-state index in [0.29, 0.717) is 63.7 Å². The molecule has 1 saturated carbocycles. The van der Waals surface area contributed by atoms with Gasteiger partial charge in [-0.3, -0.25) is 20.4 Å². The SMILES string of the molecule is N=C(N)Nc1ccc(CNC(=O)N2CCN(C=O)C([C@H]3CC[C@H](C4CN(C(=O)NCc5ccc(NC(=N)N)cc5)CCN4C=O)CC3)C2)cc1. The number of hydrogen-bond donors (Lipinski definition) is 8. The molecule has 1 aliphatic carbocycles. The van der Waals surface area contributed by atoms with Crippen LogP contribution in [0.3, 0.4) is 0 Å². The summed E-state index contributed by atoms with van der Waals surface area (Å²) in [5.41, 5.74) is 14.0. The van der Waals surface area contributed by atoms with Crippen molar-refractivity contribution in [1.29, 1.82) is 10.8 Å². The van der Waals surface area contributed by atoms with E-state index >= 15 is 0 Å². The third-order valence-electron chi connectivity index (χ3n) is 10.0. The topological polar surface area (TPSA) is 229 Å². The lowest BCUT2D eigenvalue weighted by molar-refractivity contribution is -0.126. The maximum atomic E-state index is 13.2. The second kappa shape index (κ2) is 16.7. The maximum Gasteiger partial charge on any atom is 0.317 e. The summed E-state index contributed by atoms with van der Waals surface area (Å²) in [6.07, 6.45) is 5.23. The standard InChI is InChI=1S/C34H48N12O4/c35-31(36)41-27-9-1-23(2-10-27)17-39-33(49)43-13-15-45(21-47)29(19-43)25-5-7-26(8-6-25)30-20-44(14-16-46(30)22-48)34(50)40-18-24-3-11-28(12-4-24)42-32(37)38/h1-4,9-12,21-22,25-26,29-30H,5-8,13-20H2,(H,39,49)(H,40,50)(H4,35,36,41)(H4,37,38,42)/t25-,26-,29?,30?. The Balaban J connectivity index is 1.11. The molecule has 2 aromatic carbocycles. The van der Waals surface area contributed by atoms with Crippen molar-refractivity contribution in [1.82, 2.24) is 30.2 Å². The van der Waals surface area contributed by atoms with Crippen molar-refractivity contribution >= 4 is 48.2 Å². The van der Waals surface area contributed by atoms with Gasteiger partial charge in [0.25, 0.3) is 0 Å². The zero-order valence-electron chi connectivity index (χ0n) is 28.1. The number of carbonyl (C=O) groups is 4. The first-order chi connectivity index (χ1) is 24.1. The normalized spacial score (nSPS) is 22.2. The number of carbonyl (C=O) groups excluding carboxylic acids is 4. The molecule has 2 atom stereocenters. The van der Waals surface area contributed by atoms with Gasteiger partial charge < -0.3 is 52.3 Å².